The second-order valence-electron chi connectivity index (χ2n) is 4.56. The smallest absolute Gasteiger partial charge is 0.232 e. The molecule has 1 heterocycles. The highest BCUT2D eigenvalue weighted by atomic mass is 32.2. The molecule has 5 heteroatoms. The van der Waals surface area contributed by atoms with Gasteiger partial charge in [-0.15, -0.1) is 0 Å². The first-order chi connectivity index (χ1) is 8.77. The summed E-state index contributed by atoms with van der Waals surface area (Å²) in [6.07, 6.45) is 1.08. The summed E-state index contributed by atoms with van der Waals surface area (Å²) in [6.45, 7) is 11.4. The largest absolute Gasteiger partial charge is 0.341 e. The summed E-state index contributed by atoms with van der Waals surface area (Å²) in [4.78, 5) is 16.4. The van der Waals surface area contributed by atoms with Crippen molar-refractivity contribution in [2.45, 2.75) is 20.3 Å². The van der Waals surface area contributed by atoms with Crippen molar-refractivity contribution in [2.24, 2.45) is 0 Å². The molecular formula is C13H27N3OS. The Balaban J connectivity index is 2.12. The van der Waals surface area contributed by atoms with E-state index in [-0.39, 0.29) is 0 Å². The van der Waals surface area contributed by atoms with Gasteiger partial charge in [-0.2, -0.15) is 11.8 Å². The van der Waals surface area contributed by atoms with Crippen molar-refractivity contribution in [1.29, 1.82) is 0 Å². The molecule has 0 unspecified atom stereocenters. The zero-order chi connectivity index (χ0) is 13.2. The number of hydrogen-bond acceptors (Lipinski definition) is 4. The molecule has 1 aliphatic heterocycles. The van der Waals surface area contributed by atoms with E-state index < -0.39 is 0 Å². The fraction of sp³-hybridized carbons (Fsp3) is 0.923. The van der Waals surface area contributed by atoms with Crippen LogP contribution in [0.3, 0.4) is 0 Å². The molecule has 0 aromatic rings. The first-order valence-corrected chi connectivity index (χ1v) is 8.22. The molecule has 0 aliphatic carbocycles. The predicted molar refractivity (Wildman–Crippen MR) is 79.2 cm³/mol. The van der Waals surface area contributed by atoms with Crippen LogP contribution in [-0.4, -0.2) is 73.0 Å². The molecule has 106 valence electrons. The van der Waals surface area contributed by atoms with Crippen molar-refractivity contribution in [3.8, 4) is 0 Å². The highest BCUT2D eigenvalue weighted by Gasteiger charge is 2.14. The van der Waals surface area contributed by atoms with Gasteiger partial charge in [-0.05, 0) is 26.1 Å². The molecule has 0 spiro atoms. The summed E-state index contributed by atoms with van der Waals surface area (Å²) in [6, 6.07) is 0. The summed E-state index contributed by atoms with van der Waals surface area (Å²) in [5.74, 6) is 2.00. The Morgan fingerprint density at radius 1 is 1.28 bits per heavy atom. The second-order valence-corrected chi connectivity index (χ2v) is 5.67. The molecule has 1 amide bonds. The first-order valence-electron chi connectivity index (χ1n) is 7.06. The average Bonchev–Trinajstić information content (AvgIpc) is 2.67. The Morgan fingerprint density at radius 2 is 2.06 bits per heavy atom. The quantitative estimate of drug-likeness (QED) is 0.699. The van der Waals surface area contributed by atoms with Gasteiger partial charge < -0.3 is 15.1 Å². The number of rotatable bonds is 7. The normalized spacial score (nSPS) is 16.9. The molecule has 0 bridgehead atoms. The second kappa shape index (κ2) is 9.64. The lowest BCUT2D eigenvalue weighted by atomic mass is 10.4. The molecule has 1 rings (SSSR count). The topological polar surface area (TPSA) is 35.6 Å². The molecule has 4 nitrogen and oxygen atoms in total. The standard InChI is InChI=1S/C13H27N3OS/c1-3-15(4-2)10-11-18-12-13(17)16-8-5-6-14-7-9-16/h14H,3-12H2,1-2H3. The van der Waals surface area contributed by atoms with Gasteiger partial charge in [-0.1, -0.05) is 13.8 Å². The van der Waals surface area contributed by atoms with Crippen LogP contribution in [0, 0.1) is 0 Å². The van der Waals surface area contributed by atoms with Crippen LogP contribution in [0.2, 0.25) is 0 Å². The van der Waals surface area contributed by atoms with Gasteiger partial charge in [0.05, 0.1) is 5.75 Å². The van der Waals surface area contributed by atoms with Crippen molar-refractivity contribution in [3.05, 3.63) is 0 Å². The zero-order valence-corrected chi connectivity index (χ0v) is 12.6. The number of nitrogens with one attached hydrogen (secondary N) is 1. The van der Waals surface area contributed by atoms with Crippen LogP contribution in [0.1, 0.15) is 20.3 Å². The number of thioether (sulfide) groups is 1. The molecule has 0 atom stereocenters. The van der Waals surface area contributed by atoms with Crippen LogP contribution in [0.25, 0.3) is 0 Å². The zero-order valence-electron chi connectivity index (χ0n) is 11.8. The fourth-order valence-electron chi connectivity index (χ4n) is 2.08. The Hall–Kier alpha value is -0.260. The Kier molecular flexibility index (Phi) is 8.46. The molecule has 0 aromatic heterocycles. The van der Waals surface area contributed by atoms with Gasteiger partial charge in [-0.3, -0.25) is 4.79 Å². The van der Waals surface area contributed by atoms with Gasteiger partial charge in [0.15, 0.2) is 0 Å². The van der Waals surface area contributed by atoms with E-state index in [0.29, 0.717) is 11.7 Å². The number of hydrogen-bond donors (Lipinski definition) is 1. The van der Waals surface area contributed by atoms with E-state index >= 15 is 0 Å². The van der Waals surface area contributed by atoms with Gasteiger partial charge in [0.2, 0.25) is 5.91 Å². The van der Waals surface area contributed by atoms with E-state index in [4.69, 9.17) is 0 Å². The maximum Gasteiger partial charge on any atom is 0.232 e. The van der Waals surface area contributed by atoms with Crippen LogP contribution in [0.5, 0.6) is 0 Å². The Morgan fingerprint density at radius 3 is 2.78 bits per heavy atom. The third-order valence-electron chi connectivity index (χ3n) is 3.36. The highest BCUT2D eigenvalue weighted by Crippen LogP contribution is 2.05. The molecular weight excluding hydrogens is 246 g/mol. The van der Waals surface area contributed by atoms with E-state index in [1.807, 2.05) is 4.90 Å². The highest BCUT2D eigenvalue weighted by molar-refractivity contribution is 7.99. The lowest BCUT2D eigenvalue weighted by molar-refractivity contribution is -0.128. The summed E-state index contributed by atoms with van der Waals surface area (Å²) < 4.78 is 0. The van der Waals surface area contributed by atoms with Crippen molar-refractivity contribution in [3.63, 3.8) is 0 Å². The third kappa shape index (κ3) is 6.07. The maximum absolute atomic E-state index is 12.0. The van der Waals surface area contributed by atoms with Crippen LogP contribution < -0.4 is 5.32 Å². The molecule has 1 N–H and O–H groups in total. The number of carbonyl (C=O) groups excluding carboxylic acids is 1. The lowest BCUT2D eigenvalue weighted by Gasteiger charge is -2.20. The van der Waals surface area contributed by atoms with Crippen molar-refractivity contribution in [2.75, 3.05) is 57.3 Å². The van der Waals surface area contributed by atoms with E-state index in [2.05, 4.69) is 24.1 Å². The SMILES string of the molecule is CCN(CC)CCSCC(=O)N1CCCNCC1. The van der Waals surface area contributed by atoms with Crippen LogP contribution in [-0.2, 0) is 4.79 Å². The van der Waals surface area contributed by atoms with Gasteiger partial charge in [-0.25, -0.2) is 0 Å². The monoisotopic (exact) mass is 273 g/mol. The number of nitrogens with zero attached hydrogens (tertiary/aromatic N) is 2. The number of carbonyl (C=O) groups is 1. The van der Waals surface area contributed by atoms with Crippen molar-refractivity contribution >= 4 is 17.7 Å². The van der Waals surface area contributed by atoms with Crippen LogP contribution in [0.4, 0.5) is 0 Å². The molecule has 0 saturated carbocycles. The van der Waals surface area contributed by atoms with Gasteiger partial charge >= 0.3 is 0 Å². The summed E-state index contributed by atoms with van der Waals surface area (Å²) in [5.41, 5.74) is 0. The maximum atomic E-state index is 12.0. The van der Waals surface area contributed by atoms with E-state index in [9.17, 15) is 4.79 Å². The van der Waals surface area contributed by atoms with Crippen LogP contribution >= 0.6 is 11.8 Å². The average molecular weight is 273 g/mol. The van der Waals surface area contributed by atoms with Crippen molar-refractivity contribution in [1.82, 2.24) is 15.1 Å². The van der Waals surface area contributed by atoms with E-state index in [0.717, 1.165) is 58.0 Å². The molecule has 0 aromatic carbocycles. The predicted octanol–water partition coefficient (Wildman–Crippen LogP) is 0.883. The lowest BCUT2D eigenvalue weighted by Crippen LogP contribution is -2.35. The molecule has 18 heavy (non-hydrogen) atoms. The van der Waals surface area contributed by atoms with E-state index in [1.54, 1.807) is 11.8 Å². The first kappa shape index (κ1) is 15.8. The fourth-order valence-corrected chi connectivity index (χ4v) is 2.97. The molecule has 1 saturated heterocycles. The van der Waals surface area contributed by atoms with Crippen molar-refractivity contribution < 1.29 is 4.79 Å². The van der Waals surface area contributed by atoms with Gasteiger partial charge in [0.25, 0.3) is 0 Å². The third-order valence-corrected chi connectivity index (χ3v) is 4.29. The minimum atomic E-state index is 0.309. The summed E-state index contributed by atoms with van der Waals surface area (Å²) in [7, 11) is 0. The van der Waals surface area contributed by atoms with Crippen LogP contribution in [0.15, 0.2) is 0 Å². The summed E-state index contributed by atoms with van der Waals surface area (Å²) >= 11 is 1.77. The Bertz CT molecular complexity index is 226. The number of amides is 1. The Labute approximate surface area is 115 Å². The van der Waals surface area contributed by atoms with Gasteiger partial charge in [0.1, 0.15) is 0 Å². The summed E-state index contributed by atoms with van der Waals surface area (Å²) in [5, 5.41) is 3.32. The molecule has 0 radical (unpaired) electrons. The minimum Gasteiger partial charge on any atom is -0.341 e. The minimum absolute atomic E-state index is 0.309. The van der Waals surface area contributed by atoms with Gasteiger partial charge in [0, 0.05) is 31.9 Å². The molecule has 1 aliphatic rings. The molecule has 1 fully saturated rings. The van der Waals surface area contributed by atoms with E-state index in [1.165, 1.54) is 0 Å².